The maximum absolute atomic E-state index is 12.3. The number of nitrogens with two attached hydrogens (primary N) is 1. The fourth-order valence-corrected chi connectivity index (χ4v) is 3.13. The lowest BCUT2D eigenvalue weighted by atomic mass is 10.0. The van der Waals surface area contributed by atoms with Crippen LogP contribution in [0.15, 0.2) is 17.2 Å². The molecule has 3 heterocycles. The van der Waals surface area contributed by atoms with Crippen LogP contribution >= 0.6 is 0 Å². The van der Waals surface area contributed by atoms with Crippen molar-refractivity contribution in [2.24, 2.45) is 5.73 Å². The molecule has 7 heteroatoms. The smallest absolute Gasteiger partial charge is 0.274 e. The highest BCUT2D eigenvalue weighted by molar-refractivity contribution is 5.92. The van der Waals surface area contributed by atoms with Crippen LogP contribution in [0.4, 0.5) is 0 Å². The number of aromatic nitrogens is 2. The molecule has 0 bridgehead atoms. The Morgan fingerprint density at radius 3 is 2.71 bits per heavy atom. The first-order valence-electron chi connectivity index (χ1n) is 7.47. The number of nitrogens with one attached hydrogen (secondary N) is 1. The SMILES string of the molecule is NC1CCN(C2CCN(C(=O)c3c[nH]c(=O)cn3)C2)CC1. The van der Waals surface area contributed by atoms with Crippen molar-refractivity contribution in [2.75, 3.05) is 26.2 Å². The minimum absolute atomic E-state index is 0.109. The van der Waals surface area contributed by atoms with Crippen molar-refractivity contribution >= 4 is 5.91 Å². The van der Waals surface area contributed by atoms with Crippen molar-refractivity contribution in [2.45, 2.75) is 31.3 Å². The normalized spacial score (nSPS) is 24.4. The number of amides is 1. The second kappa shape index (κ2) is 5.95. The molecule has 2 saturated heterocycles. The molecule has 0 aromatic carbocycles. The summed E-state index contributed by atoms with van der Waals surface area (Å²) < 4.78 is 0. The summed E-state index contributed by atoms with van der Waals surface area (Å²) in [6.45, 7) is 3.51. The second-order valence-corrected chi connectivity index (χ2v) is 5.86. The monoisotopic (exact) mass is 291 g/mol. The molecule has 0 aliphatic carbocycles. The lowest BCUT2D eigenvalue weighted by molar-refractivity contribution is 0.0763. The van der Waals surface area contributed by atoms with Crippen LogP contribution in [0.3, 0.4) is 0 Å². The number of nitrogens with zero attached hydrogens (tertiary/aromatic N) is 3. The Morgan fingerprint density at radius 2 is 2.05 bits per heavy atom. The van der Waals surface area contributed by atoms with E-state index in [1.165, 1.54) is 6.20 Å². The summed E-state index contributed by atoms with van der Waals surface area (Å²) in [6, 6.07) is 0.745. The summed E-state index contributed by atoms with van der Waals surface area (Å²) in [4.78, 5) is 34.0. The van der Waals surface area contributed by atoms with Crippen LogP contribution in [0.25, 0.3) is 0 Å². The van der Waals surface area contributed by atoms with Gasteiger partial charge in [0.1, 0.15) is 5.69 Å². The van der Waals surface area contributed by atoms with Gasteiger partial charge in [0.15, 0.2) is 0 Å². The molecule has 1 unspecified atom stereocenters. The molecule has 1 aromatic rings. The summed E-state index contributed by atoms with van der Waals surface area (Å²) >= 11 is 0. The van der Waals surface area contributed by atoms with E-state index in [9.17, 15) is 9.59 Å². The van der Waals surface area contributed by atoms with Gasteiger partial charge in [-0.25, -0.2) is 4.98 Å². The van der Waals surface area contributed by atoms with Crippen LogP contribution in [-0.4, -0.2) is 63.9 Å². The zero-order valence-electron chi connectivity index (χ0n) is 12.0. The average Bonchev–Trinajstić information content (AvgIpc) is 2.98. The number of rotatable bonds is 2. The van der Waals surface area contributed by atoms with E-state index in [-0.39, 0.29) is 11.5 Å². The van der Waals surface area contributed by atoms with E-state index >= 15 is 0 Å². The van der Waals surface area contributed by atoms with Crippen LogP contribution in [-0.2, 0) is 0 Å². The van der Waals surface area contributed by atoms with E-state index in [4.69, 9.17) is 5.73 Å². The number of likely N-dealkylation sites (tertiary alicyclic amines) is 2. The van der Waals surface area contributed by atoms with Crippen molar-refractivity contribution in [1.82, 2.24) is 19.8 Å². The zero-order valence-corrected chi connectivity index (χ0v) is 12.0. The van der Waals surface area contributed by atoms with Crippen LogP contribution in [0.1, 0.15) is 29.8 Å². The molecule has 0 radical (unpaired) electrons. The molecule has 7 nitrogen and oxygen atoms in total. The standard InChI is InChI=1S/C14H21N5O2/c15-10-1-4-18(5-2-10)11-3-6-19(9-11)14(21)12-7-17-13(20)8-16-12/h7-8,10-11H,1-6,9,15H2,(H,17,20). The number of aromatic amines is 1. The Bertz CT molecular complexity index is 544. The molecule has 2 fully saturated rings. The summed E-state index contributed by atoms with van der Waals surface area (Å²) in [5, 5.41) is 0. The molecule has 0 spiro atoms. The van der Waals surface area contributed by atoms with Gasteiger partial charge in [-0.2, -0.15) is 0 Å². The van der Waals surface area contributed by atoms with Gasteiger partial charge < -0.3 is 15.6 Å². The van der Waals surface area contributed by atoms with Gasteiger partial charge in [-0.15, -0.1) is 0 Å². The Hall–Kier alpha value is -1.73. The van der Waals surface area contributed by atoms with Gasteiger partial charge in [0.25, 0.3) is 11.5 Å². The van der Waals surface area contributed by atoms with E-state index in [2.05, 4.69) is 14.9 Å². The Labute approximate surface area is 123 Å². The number of carbonyl (C=O) groups excluding carboxylic acids is 1. The second-order valence-electron chi connectivity index (χ2n) is 5.86. The molecule has 2 aliphatic rings. The first-order valence-corrected chi connectivity index (χ1v) is 7.47. The summed E-state index contributed by atoms with van der Waals surface area (Å²) in [7, 11) is 0. The first kappa shape index (κ1) is 14.2. The predicted octanol–water partition coefficient (Wildman–Crippen LogP) is -0.592. The third-order valence-electron chi connectivity index (χ3n) is 4.43. The largest absolute Gasteiger partial charge is 0.336 e. The lowest BCUT2D eigenvalue weighted by Crippen LogP contribution is -2.46. The maximum Gasteiger partial charge on any atom is 0.274 e. The Morgan fingerprint density at radius 1 is 1.29 bits per heavy atom. The van der Waals surface area contributed by atoms with E-state index in [1.807, 2.05) is 4.90 Å². The summed E-state index contributed by atoms with van der Waals surface area (Å²) in [6.07, 6.45) is 5.59. The highest BCUT2D eigenvalue weighted by atomic mass is 16.2. The number of piperidine rings is 1. The number of carbonyl (C=O) groups is 1. The minimum Gasteiger partial charge on any atom is -0.336 e. The molecule has 0 saturated carbocycles. The van der Waals surface area contributed by atoms with Gasteiger partial charge in [0.2, 0.25) is 0 Å². The molecular weight excluding hydrogens is 270 g/mol. The lowest BCUT2D eigenvalue weighted by Gasteiger charge is -2.34. The van der Waals surface area contributed by atoms with Crippen molar-refractivity contribution in [3.8, 4) is 0 Å². The van der Waals surface area contributed by atoms with Gasteiger partial charge in [0, 0.05) is 31.4 Å². The quantitative estimate of drug-likeness (QED) is 0.759. The van der Waals surface area contributed by atoms with E-state index in [0.717, 1.165) is 51.6 Å². The number of H-pyrrole nitrogens is 1. The van der Waals surface area contributed by atoms with E-state index in [1.54, 1.807) is 0 Å². The van der Waals surface area contributed by atoms with Gasteiger partial charge in [-0.05, 0) is 32.4 Å². The van der Waals surface area contributed by atoms with Crippen LogP contribution in [0.5, 0.6) is 0 Å². The van der Waals surface area contributed by atoms with Crippen molar-refractivity contribution in [3.05, 3.63) is 28.4 Å². The third kappa shape index (κ3) is 3.14. The van der Waals surface area contributed by atoms with Gasteiger partial charge in [-0.3, -0.25) is 14.5 Å². The Balaban J connectivity index is 1.60. The fourth-order valence-electron chi connectivity index (χ4n) is 3.13. The summed E-state index contributed by atoms with van der Waals surface area (Å²) in [5.74, 6) is -0.109. The van der Waals surface area contributed by atoms with Gasteiger partial charge in [-0.1, -0.05) is 0 Å². The predicted molar refractivity (Wildman–Crippen MR) is 77.9 cm³/mol. The van der Waals surface area contributed by atoms with Crippen LogP contribution < -0.4 is 11.3 Å². The molecule has 1 aromatic heterocycles. The zero-order chi connectivity index (χ0) is 14.8. The van der Waals surface area contributed by atoms with E-state index < -0.39 is 0 Å². The topological polar surface area (TPSA) is 95.3 Å². The maximum atomic E-state index is 12.3. The van der Waals surface area contributed by atoms with Crippen LogP contribution in [0, 0.1) is 0 Å². The molecule has 3 rings (SSSR count). The minimum atomic E-state index is -0.296. The molecule has 1 atom stereocenters. The van der Waals surface area contributed by atoms with Crippen LogP contribution in [0.2, 0.25) is 0 Å². The molecule has 21 heavy (non-hydrogen) atoms. The molecule has 2 aliphatic heterocycles. The molecule has 3 N–H and O–H groups in total. The van der Waals surface area contributed by atoms with Gasteiger partial charge >= 0.3 is 0 Å². The average molecular weight is 291 g/mol. The fraction of sp³-hybridized carbons (Fsp3) is 0.643. The number of hydrogen-bond donors (Lipinski definition) is 2. The first-order chi connectivity index (χ1) is 10.1. The highest BCUT2D eigenvalue weighted by Gasteiger charge is 2.32. The van der Waals surface area contributed by atoms with Crippen molar-refractivity contribution in [3.63, 3.8) is 0 Å². The van der Waals surface area contributed by atoms with Gasteiger partial charge in [0.05, 0.1) is 6.20 Å². The third-order valence-corrected chi connectivity index (χ3v) is 4.43. The van der Waals surface area contributed by atoms with Crippen molar-refractivity contribution < 1.29 is 4.79 Å². The van der Waals surface area contributed by atoms with Crippen molar-refractivity contribution in [1.29, 1.82) is 0 Å². The molecule has 114 valence electrons. The van der Waals surface area contributed by atoms with E-state index in [0.29, 0.717) is 17.8 Å². The molecule has 1 amide bonds. The molecular formula is C14H21N5O2. The Kier molecular flexibility index (Phi) is 4.03. The summed E-state index contributed by atoms with van der Waals surface area (Å²) in [5.41, 5.74) is 5.94. The number of hydrogen-bond acceptors (Lipinski definition) is 5. The highest BCUT2D eigenvalue weighted by Crippen LogP contribution is 2.20.